The number of hydrogen-bond donors (Lipinski definition) is 1. The highest BCUT2D eigenvalue weighted by molar-refractivity contribution is 7.20. The number of para-hydroxylation sites is 1. The predicted molar refractivity (Wildman–Crippen MR) is 114 cm³/mol. The summed E-state index contributed by atoms with van der Waals surface area (Å²) < 4.78 is 2.59. The van der Waals surface area contributed by atoms with Crippen LogP contribution in [0, 0.1) is 6.92 Å². The molecule has 0 saturated carbocycles. The molecule has 7 heteroatoms. The predicted octanol–water partition coefficient (Wildman–Crippen LogP) is 4.57. The van der Waals surface area contributed by atoms with E-state index < -0.39 is 0 Å². The molecule has 3 aromatic heterocycles. The second-order valence-electron chi connectivity index (χ2n) is 6.66. The highest BCUT2D eigenvalue weighted by Gasteiger charge is 2.19. The van der Waals surface area contributed by atoms with Crippen LogP contribution < -0.4 is 5.56 Å². The number of aliphatic imine (C=N–C) groups is 1. The molecular weight excluding hydrogens is 370 g/mol. The molecule has 0 aliphatic rings. The third kappa shape index (κ3) is 3.29. The largest absolute Gasteiger partial charge is 0.292 e. The van der Waals surface area contributed by atoms with Crippen LogP contribution >= 0.6 is 11.3 Å². The first-order chi connectivity index (χ1) is 13.6. The lowest BCUT2D eigenvalue weighted by Crippen LogP contribution is -2.19. The smallest absolute Gasteiger partial charge is 0.282 e. The van der Waals surface area contributed by atoms with Gasteiger partial charge in [-0.05, 0) is 44.0 Å². The summed E-state index contributed by atoms with van der Waals surface area (Å²) in [7, 11) is 0. The van der Waals surface area contributed by atoms with E-state index in [9.17, 15) is 4.79 Å². The summed E-state index contributed by atoms with van der Waals surface area (Å²) in [5.74, 6) is 0.634. The van der Waals surface area contributed by atoms with Gasteiger partial charge in [0.05, 0.1) is 21.5 Å². The van der Waals surface area contributed by atoms with Crippen molar-refractivity contribution in [1.29, 1.82) is 0 Å². The van der Waals surface area contributed by atoms with E-state index in [0.29, 0.717) is 22.2 Å². The number of nitrogens with one attached hydrogen (secondary N) is 1. The first kappa shape index (κ1) is 18.3. The summed E-state index contributed by atoms with van der Waals surface area (Å²) in [6.07, 6.45) is 3.39. The zero-order chi connectivity index (χ0) is 19.7. The molecule has 4 rings (SSSR count). The van der Waals surface area contributed by atoms with Gasteiger partial charge in [0, 0.05) is 11.9 Å². The molecule has 6 nitrogen and oxygen atoms in total. The van der Waals surface area contributed by atoms with Gasteiger partial charge in [-0.25, -0.2) is 15.0 Å². The summed E-state index contributed by atoms with van der Waals surface area (Å²) in [6, 6.07) is 11.7. The molecule has 0 fully saturated rings. The summed E-state index contributed by atoms with van der Waals surface area (Å²) in [6.45, 7) is 5.91. The standard InChI is InChI=1S/C21H21N5OS/c1-4-8-16-18(14(3)23-19-13(2)9-7-12-22-19)20(27)26(25-16)21-24-15-10-5-6-11-17(15)28-21/h5-7,9-12,25H,4,8H2,1-3H3/b23-14+. The maximum atomic E-state index is 13.3. The van der Waals surface area contributed by atoms with Crippen LogP contribution in [0.4, 0.5) is 5.82 Å². The number of aromatic amines is 1. The SMILES string of the molecule is CCCc1[nH]n(-c2nc3ccccc3s2)c(=O)c1/C(C)=N/c1ncccc1C. The Balaban J connectivity index is 1.85. The molecule has 142 valence electrons. The lowest BCUT2D eigenvalue weighted by molar-refractivity contribution is 0.790. The number of rotatable bonds is 5. The maximum absolute atomic E-state index is 13.3. The normalized spacial score (nSPS) is 12.0. The molecule has 0 aliphatic heterocycles. The average Bonchev–Trinajstić information content (AvgIpc) is 3.24. The van der Waals surface area contributed by atoms with E-state index >= 15 is 0 Å². The summed E-state index contributed by atoms with van der Waals surface area (Å²) in [5.41, 5.74) is 3.87. The van der Waals surface area contributed by atoms with Crippen LogP contribution in [0.3, 0.4) is 0 Å². The fraction of sp³-hybridized carbons (Fsp3) is 0.238. The van der Waals surface area contributed by atoms with Crippen molar-refractivity contribution in [3.63, 3.8) is 0 Å². The molecule has 0 aliphatic carbocycles. The molecule has 0 amide bonds. The molecule has 1 aromatic carbocycles. The van der Waals surface area contributed by atoms with Gasteiger partial charge in [-0.15, -0.1) is 0 Å². The number of nitrogens with zero attached hydrogens (tertiary/aromatic N) is 4. The Labute approximate surface area is 166 Å². The van der Waals surface area contributed by atoms with E-state index in [1.165, 1.54) is 16.0 Å². The topological polar surface area (TPSA) is 75.9 Å². The first-order valence-electron chi connectivity index (χ1n) is 9.25. The third-order valence-electron chi connectivity index (χ3n) is 4.56. The zero-order valence-electron chi connectivity index (χ0n) is 16.1. The van der Waals surface area contributed by atoms with Crippen LogP contribution in [0.1, 0.15) is 37.1 Å². The van der Waals surface area contributed by atoms with Crippen molar-refractivity contribution in [3.8, 4) is 5.13 Å². The average molecular weight is 392 g/mol. The second-order valence-corrected chi connectivity index (χ2v) is 7.67. The molecule has 1 N–H and O–H groups in total. The summed E-state index contributed by atoms with van der Waals surface area (Å²) >= 11 is 1.49. The van der Waals surface area contributed by atoms with Gasteiger partial charge in [-0.1, -0.05) is 42.9 Å². The Morgan fingerprint density at radius 1 is 1.25 bits per heavy atom. The Hall–Kier alpha value is -3.06. The van der Waals surface area contributed by atoms with Crippen LogP contribution in [0.5, 0.6) is 0 Å². The Morgan fingerprint density at radius 3 is 2.82 bits per heavy atom. The van der Waals surface area contributed by atoms with E-state index in [1.54, 1.807) is 6.20 Å². The highest BCUT2D eigenvalue weighted by Crippen LogP contribution is 2.24. The van der Waals surface area contributed by atoms with Gasteiger partial charge in [0.1, 0.15) is 0 Å². The molecule has 28 heavy (non-hydrogen) atoms. The van der Waals surface area contributed by atoms with Crippen LogP contribution in [-0.2, 0) is 6.42 Å². The number of hydrogen-bond acceptors (Lipinski definition) is 5. The first-order valence-corrected chi connectivity index (χ1v) is 10.1. The summed E-state index contributed by atoms with van der Waals surface area (Å²) in [5, 5.41) is 3.90. The number of thiazole rings is 1. The Bertz CT molecular complexity index is 1200. The van der Waals surface area contributed by atoms with Gasteiger partial charge >= 0.3 is 0 Å². The second kappa shape index (κ2) is 7.52. The number of pyridine rings is 1. The molecule has 0 spiro atoms. The number of aromatic nitrogens is 4. The van der Waals surface area contributed by atoms with E-state index in [4.69, 9.17) is 0 Å². The fourth-order valence-electron chi connectivity index (χ4n) is 3.19. The minimum absolute atomic E-state index is 0.127. The fourth-order valence-corrected chi connectivity index (χ4v) is 4.11. The van der Waals surface area contributed by atoms with Gasteiger partial charge in [-0.3, -0.25) is 9.89 Å². The molecule has 4 aromatic rings. The number of benzene rings is 1. The lowest BCUT2D eigenvalue weighted by Gasteiger charge is -2.02. The van der Waals surface area contributed by atoms with Crippen molar-refractivity contribution in [2.24, 2.45) is 4.99 Å². The number of H-pyrrole nitrogens is 1. The van der Waals surface area contributed by atoms with E-state index in [2.05, 4.69) is 27.0 Å². The third-order valence-corrected chi connectivity index (χ3v) is 5.58. The van der Waals surface area contributed by atoms with Crippen molar-refractivity contribution < 1.29 is 0 Å². The summed E-state index contributed by atoms with van der Waals surface area (Å²) in [4.78, 5) is 26.8. The van der Waals surface area contributed by atoms with Crippen LogP contribution in [0.2, 0.25) is 0 Å². The number of aryl methyl sites for hydroxylation is 2. The monoisotopic (exact) mass is 391 g/mol. The van der Waals surface area contributed by atoms with Crippen molar-refractivity contribution in [3.05, 3.63) is 69.8 Å². The van der Waals surface area contributed by atoms with Crippen LogP contribution in [0.15, 0.2) is 52.4 Å². The van der Waals surface area contributed by atoms with E-state index in [0.717, 1.165) is 34.3 Å². The van der Waals surface area contributed by atoms with Gasteiger partial charge in [-0.2, -0.15) is 4.68 Å². The minimum atomic E-state index is -0.127. The molecule has 0 saturated heterocycles. The van der Waals surface area contributed by atoms with Crippen molar-refractivity contribution in [2.75, 3.05) is 0 Å². The van der Waals surface area contributed by atoms with E-state index in [1.807, 2.05) is 50.2 Å². The molecule has 0 radical (unpaired) electrons. The molecule has 0 atom stereocenters. The maximum Gasteiger partial charge on any atom is 0.282 e. The van der Waals surface area contributed by atoms with Crippen molar-refractivity contribution >= 4 is 33.1 Å². The quantitative estimate of drug-likeness (QED) is 0.506. The Morgan fingerprint density at radius 2 is 2.07 bits per heavy atom. The van der Waals surface area contributed by atoms with Crippen molar-refractivity contribution in [1.82, 2.24) is 19.7 Å². The van der Waals surface area contributed by atoms with Gasteiger partial charge < -0.3 is 0 Å². The zero-order valence-corrected chi connectivity index (χ0v) is 16.9. The van der Waals surface area contributed by atoms with Gasteiger partial charge in [0.25, 0.3) is 5.56 Å². The number of fused-ring (bicyclic) bond motifs is 1. The minimum Gasteiger partial charge on any atom is -0.292 e. The van der Waals surface area contributed by atoms with Crippen LogP contribution in [-0.4, -0.2) is 25.5 Å². The van der Waals surface area contributed by atoms with Gasteiger partial charge in [0.2, 0.25) is 5.13 Å². The van der Waals surface area contributed by atoms with Crippen molar-refractivity contribution in [2.45, 2.75) is 33.6 Å². The van der Waals surface area contributed by atoms with E-state index in [-0.39, 0.29) is 5.56 Å². The lowest BCUT2D eigenvalue weighted by atomic mass is 10.1. The molecule has 0 bridgehead atoms. The molecule has 3 heterocycles. The highest BCUT2D eigenvalue weighted by atomic mass is 32.1. The molecular formula is C21H21N5OS. The van der Waals surface area contributed by atoms with Crippen LogP contribution in [0.25, 0.3) is 15.3 Å². The van der Waals surface area contributed by atoms with Gasteiger partial charge in [0.15, 0.2) is 5.82 Å². The Kier molecular flexibility index (Phi) is 4.92. The molecule has 0 unspecified atom stereocenters.